The van der Waals surface area contributed by atoms with E-state index in [0.29, 0.717) is 6.42 Å². The minimum absolute atomic E-state index is 0.0693. The SMILES string of the molecule is CCCC[C@H]1NC(=O)[C@@H]([C@H](C)c2cn(C)c3ccccc23)NC1=O. The Hall–Kier alpha value is -2.30. The Labute approximate surface area is 142 Å². The molecule has 128 valence electrons. The van der Waals surface area contributed by atoms with Crippen LogP contribution < -0.4 is 10.6 Å². The second kappa shape index (κ2) is 6.67. The first-order valence-electron chi connectivity index (χ1n) is 8.67. The van der Waals surface area contributed by atoms with Crippen molar-refractivity contribution in [2.24, 2.45) is 7.05 Å². The summed E-state index contributed by atoms with van der Waals surface area (Å²) in [5.74, 6) is -0.247. The van der Waals surface area contributed by atoms with Gasteiger partial charge in [0.15, 0.2) is 0 Å². The highest BCUT2D eigenvalue weighted by molar-refractivity contribution is 5.98. The lowest BCUT2D eigenvalue weighted by Gasteiger charge is -2.32. The van der Waals surface area contributed by atoms with Crippen LogP contribution in [0.2, 0.25) is 0 Å². The topological polar surface area (TPSA) is 63.1 Å². The highest BCUT2D eigenvalue weighted by atomic mass is 16.2. The predicted octanol–water partition coefficient (Wildman–Crippen LogP) is 2.46. The second-order valence-corrected chi connectivity index (χ2v) is 6.69. The normalized spacial score (nSPS) is 22.3. The number of amides is 2. The molecule has 5 heteroatoms. The van der Waals surface area contributed by atoms with E-state index in [0.717, 1.165) is 29.3 Å². The van der Waals surface area contributed by atoms with Gasteiger partial charge in [-0.25, -0.2) is 0 Å². The quantitative estimate of drug-likeness (QED) is 0.886. The van der Waals surface area contributed by atoms with Crippen molar-refractivity contribution in [1.29, 1.82) is 0 Å². The van der Waals surface area contributed by atoms with Crippen LogP contribution >= 0.6 is 0 Å². The van der Waals surface area contributed by atoms with Gasteiger partial charge in [0.2, 0.25) is 11.8 Å². The number of nitrogens with one attached hydrogen (secondary N) is 2. The molecule has 0 unspecified atom stereocenters. The number of hydrogen-bond donors (Lipinski definition) is 2. The Morgan fingerprint density at radius 3 is 2.67 bits per heavy atom. The van der Waals surface area contributed by atoms with Crippen LogP contribution in [0, 0.1) is 0 Å². The Morgan fingerprint density at radius 2 is 1.92 bits per heavy atom. The zero-order chi connectivity index (χ0) is 17.3. The Bertz CT molecular complexity index is 765. The van der Waals surface area contributed by atoms with Crippen LogP contribution in [0.5, 0.6) is 0 Å². The largest absolute Gasteiger partial charge is 0.350 e. The number of carbonyl (C=O) groups excluding carboxylic acids is 2. The average molecular weight is 327 g/mol. The van der Waals surface area contributed by atoms with Crippen LogP contribution in [-0.2, 0) is 16.6 Å². The molecule has 1 saturated heterocycles. The lowest BCUT2D eigenvalue weighted by atomic mass is 9.90. The van der Waals surface area contributed by atoms with Crippen molar-refractivity contribution < 1.29 is 9.59 Å². The third kappa shape index (κ3) is 2.90. The smallest absolute Gasteiger partial charge is 0.243 e. The number of nitrogens with zero attached hydrogens (tertiary/aromatic N) is 1. The second-order valence-electron chi connectivity index (χ2n) is 6.69. The van der Waals surface area contributed by atoms with Crippen LogP contribution in [0.25, 0.3) is 10.9 Å². The molecule has 1 aromatic carbocycles. The van der Waals surface area contributed by atoms with Gasteiger partial charge < -0.3 is 15.2 Å². The van der Waals surface area contributed by atoms with Gasteiger partial charge in [0.25, 0.3) is 0 Å². The van der Waals surface area contributed by atoms with Gasteiger partial charge in [-0.05, 0) is 18.1 Å². The van der Waals surface area contributed by atoms with Gasteiger partial charge in [0, 0.05) is 30.1 Å². The summed E-state index contributed by atoms with van der Waals surface area (Å²) < 4.78 is 2.06. The summed E-state index contributed by atoms with van der Waals surface area (Å²) in [7, 11) is 2.00. The molecule has 2 heterocycles. The maximum absolute atomic E-state index is 12.5. The van der Waals surface area contributed by atoms with E-state index < -0.39 is 12.1 Å². The molecule has 1 aliphatic rings. The number of fused-ring (bicyclic) bond motifs is 1. The van der Waals surface area contributed by atoms with Crippen molar-refractivity contribution in [2.75, 3.05) is 0 Å². The van der Waals surface area contributed by atoms with E-state index in [1.807, 2.05) is 26.1 Å². The number of piperazine rings is 1. The first-order chi connectivity index (χ1) is 11.5. The standard InChI is InChI=1S/C19H25N3O2/c1-4-5-9-15-18(23)21-17(19(24)20-15)12(2)14-11-22(3)16-10-7-6-8-13(14)16/h6-8,10-12,15,17H,4-5,9H2,1-3H3,(H,20,24)(H,21,23)/t12-,15-,17-/m1/s1. The van der Waals surface area contributed by atoms with Crippen molar-refractivity contribution in [3.05, 3.63) is 36.0 Å². The first-order valence-corrected chi connectivity index (χ1v) is 8.67. The van der Waals surface area contributed by atoms with E-state index in [2.05, 4.69) is 40.5 Å². The molecule has 1 aromatic heterocycles. The van der Waals surface area contributed by atoms with Crippen molar-refractivity contribution in [3.8, 4) is 0 Å². The Morgan fingerprint density at radius 1 is 1.17 bits per heavy atom. The molecule has 0 spiro atoms. The molecule has 0 bridgehead atoms. The maximum Gasteiger partial charge on any atom is 0.243 e. The molecule has 24 heavy (non-hydrogen) atoms. The van der Waals surface area contributed by atoms with Gasteiger partial charge in [-0.1, -0.05) is 44.9 Å². The molecule has 1 aliphatic heterocycles. The highest BCUT2D eigenvalue weighted by Crippen LogP contribution is 2.30. The molecule has 5 nitrogen and oxygen atoms in total. The Kier molecular flexibility index (Phi) is 4.60. The van der Waals surface area contributed by atoms with Gasteiger partial charge >= 0.3 is 0 Å². The molecule has 0 aliphatic carbocycles. The summed E-state index contributed by atoms with van der Waals surface area (Å²) in [5.41, 5.74) is 2.21. The van der Waals surface area contributed by atoms with Crippen LogP contribution in [0.3, 0.4) is 0 Å². The number of carbonyl (C=O) groups is 2. The van der Waals surface area contributed by atoms with E-state index in [-0.39, 0.29) is 17.7 Å². The van der Waals surface area contributed by atoms with Gasteiger partial charge in [-0.15, -0.1) is 0 Å². The molecule has 3 rings (SSSR count). The molecule has 1 fully saturated rings. The van der Waals surface area contributed by atoms with E-state index in [4.69, 9.17) is 0 Å². The van der Waals surface area contributed by atoms with E-state index in [1.165, 1.54) is 0 Å². The number of hydrogen-bond acceptors (Lipinski definition) is 2. The summed E-state index contributed by atoms with van der Waals surface area (Å²) in [6, 6.07) is 7.21. The fourth-order valence-corrected chi connectivity index (χ4v) is 3.53. The number of unbranched alkanes of at least 4 members (excludes halogenated alkanes) is 1. The van der Waals surface area contributed by atoms with Crippen molar-refractivity contribution in [3.63, 3.8) is 0 Å². The number of benzene rings is 1. The number of aromatic nitrogens is 1. The summed E-state index contributed by atoms with van der Waals surface area (Å²) >= 11 is 0. The van der Waals surface area contributed by atoms with Crippen LogP contribution in [-0.4, -0.2) is 28.5 Å². The minimum Gasteiger partial charge on any atom is -0.350 e. The van der Waals surface area contributed by atoms with Crippen LogP contribution in [0.15, 0.2) is 30.5 Å². The van der Waals surface area contributed by atoms with Gasteiger partial charge in [-0.3, -0.25) is 9.59 Å². The van der Waals surface area contributed by atoms with Crippen LogP contribution in [0.4, 0.5) is 0 Å². The molecule has 2 aromatic rings. The van der Waals surface area contributed by atoms with E-state index in [9.17, 15) is 9.59 Å². The number of aryl methyl sites for hydroxylation is 1. The molecule has 0 radical (unpaired) electrons. The Balaban J connectivity index is 1.83. The lowest BCUT2D eigenvalue weighted by molar-refractivity contribution is -0.137. The minimum atomic E-state index is -0.527. The van der Waals surface area contributed by atoms with Gasteiger partial charge in [0.05, 0.1) is 0 Å². The van der Waals surface area contributed by atoms with E-state index >= 15 is 0 Å². The van der Waals surface area contributed by atoms with Crippen molar-refractivity contribution >= 4 is 22.7 Å². The van der Waals surface area contributed by atoms with Crippen LogP contribution in [0.1, 0.15) is 44.6 Å². The summed E-state index contributed by atoms with van der Waals surface area (Å²) in [6.07, 6.45) is 4.69. The average Bonchev–Trinajstić information content (AvgIpc) is 2.92. The van der Waals surface area contributed by atoms with Gasteiger partial charge in [-0.2, -0.15) is 0 Å². The third-order valence-electron chi connectivity index (χ3n) is 4.98. The van der Waals surface area contributed by atoms with Crippen molar-refractivity contribution in [1.82, 2.24) is 15.2 Å². The summed E-state index contributed by atoms with van der Waals surface area (Å²) in [6.45, 7) is 4.08. The molecule has 0 saturated carbocycles. The number of para-hydroxylation sites is 1. The third-order valence-corrected chi connectivity index (χ3v) is 4.98. The molecular weight excluding hydrogens is 302 g/mol. The fourth-order valence-electron chi connectivity index (χ4n) is 3.53. The lowest BCUT2D eigenvalue weighted by Crippen LogP contribution is -2.62. The molecule has 2 amide bonds. The number of rotatable bonds is 5. The van der Waals surface area contributed by atoms with Crippen molar-refractivity contribution in [2.45, 2.75) is 51.1 Å². The predicted molar refractivity (Wildman–Crippen MR) is 94.7 cm³/mol. The molecule has 2 N–H and O–H groups in total. The summed E-state index contributed by atoms with van der Waals surface area (Å²) in [4.78, 5) is 24.9. The summed E-state index contributed by atoms with van der Waals surface area (Å²) in [5, 5.41) is 6.96. The highest BCUT2D eigenvalue weighted by Gasteiger charge is 2.37. The monoisotopic (exact) mass is 327 g/mol. The van der Waals surface area contributed by atoms with Gasteiger partial charge in [0.1, 0.15) is 12.1 Å². The fraction of sp³-hybridized carbons (Fsp3) is 0.474. The zero-order valence-corrected chi connectivity index (χ0v) is 14.5. The first kappa shape index (κ1) is 16.6. The molecular formula is C19H25N3O2. The maximum atomic E-state index is 12.5. The van der Waals surface area contributed by atoms with E-state index in [1.54, 1.807) is 0 Å². The molecule has 3 atom stereocenters. The zero-order valence-electron chi connectivity index (χ0n) is 14.5.